The monoisotopic (exact) mass is 285 g/mol. The zero-order chi connectivity index (χ0) is 15.4. The van der Waals surface area contributed by atoms with Gasteiger partial charge in [0.15, 0.2) is 6.20 Å². The molecule has 21 heavy (non-hydrogen) atoms. The molecule has 2 aromatic rings. The van der Waals surface area contributed by atoms with Crippen molar-refractivity contribution in [2.45, 2.75) is 6.92 Å². The number of pyridine rings is 1. The van der Waals surface area contributed by atoms with Gasteiger partial charge >= 0.3 is 5.82 Å². The molecule has 106 valence electrons. The summed E-state index contributed by atoms with van der Waals surface area (Å²) in [5.74, 6) is -1.57. The lowest BCUT2D eigenvalue weighted by molar-refractivity contribution is -0.389. The molecule has 0 unspecified atom stereocenters. The Kier molecular flexibility index (Phi) is 4.03. The number of nitro groups is 1. The number of aromatic nitrogens is 1. The highest BCUT2D eigenvalue weighted by Crippen LogP contribution is 2.08. The smallest absolute Gasteiger partial charge is 0.358 e. The third-order valence-corrected chi connectivity index (χ3v) is 2.70. The summed E-state index contributed by atoms with van der Waals surface area (Å²) < 4.78 is 0. The van der Waals surface area contributed by atoms with Gasteiger partial charge in [-0.25, -0.2) is 0 Å². The number of imide groups is 1. The van der Waals surface area contributed by atoms with Gasteiger partial charge in [0.1, 0.15) is 0 Å². The van der Waals surface area contributed by atoms with Gasteiger partial charge in [0.05, 0.1) is 5.56 Å². The van der Waals surface area contributed by atoms with Crippen molar-refractivity contribution in [3.63, 3.8) is 0 Å². The fourth-order valence-corrected chi connectivity index (χ4v) is 1.66. The minimum Gasteiger partial charge on any atom is -0.358 e. The van der Waals surface area contributed by atoms with Crippen molar-refractivity contribution in [3.8, 4) is 0 Å². The second-order valence-electron chi connectivity index (χ2n) is 4.31. The number of hydrogen-bond acceptors (Lipinski definition) is 5. The third kappa shape index (κ3) is 3.47. The molecule has 0 spiro atoms. The third-order valence-electron chi connectivity index (χ3n) is 2.70. The average Bonchev–Trinajstić information content (AvgIpc) is 2.47. The maximum atomic E-state index is 11.9. The fourth-order valence-electron chi connectivity index (χ4n) is 1.66. The first-order valence-electron chi connectivity index (χ1n) is 6.00. The molecule has 0 aliphatic carbocycles. The second kappa shape index (κ2) is 5.91. The zero-order valence-electron chi connectivity index (χ0n) is 11.1. The van der Waals surface area contributed by atoms with Gasteiger partial charge in [0.25, 0.3) is 11.8 Å². The normalized spacial score (nSPS) is 9.95. The predicted octanol–water partition coefficient (Wildman–Crippen LogP) is 1.87. The van der Waals surface area contributed by atoms with E-state index >= 15 is 0 Å². The van der Waals surface area contributed by atoms with E-state index < -0.39 is 16.7 Å². The predicted molar refractivity (Wildman–Crippen MR) is 73.9 cm³/mol. The molecule has 0 saturated heterocycles. The van der Waals surface area contributed by atoms with Crippen LogP contribution < -0.4 is 5.32 Å². The van der Waals surface area contributed by atoms with Crippen molar-refractivity contribution < 1.29 is 14.5 Å². The molecule has 1 heterocycles. The SMILES string of the molecule is Cc1cccc(C(=O)NC(=O)c2ccc([N+](=O)[O-])nc2)c1. The second-order valence-corrected chi connectivity index (χ2v) is 4.31. The highest BCUT2D eigenvalue weighted by molar-refractivity contribution is 6.10. The van der Waals surface area contributed by atoms with Crippen molar-refractivity contribution in [2.24, 2.45) is 0 Å². The molecule has 0 bridgehead atoms. The Balaban J connectivity index is 2.10. The van der Waals surface area contributed by atoms with E-state index in [1.807, 2.05) is 13.0 Å². The summed E-state index contributed by atoms with van der Waals surface area (Å²) in [6, 6.07) is 9.12. The first-order valence-corrected chi connectivity index (χ1v) is 6.00. The van der Waals surface area contributed by atoms with Crippen LogP contribution in [0.5, 0.6) is 0 Å². The van der Waals surface area contributed by atoms with E-state index in [4.69, 9.17) is 0 Å². The van der Waals surface area contributed by atoms with Crippen LogP contribution in [0.4, 0.5) is 5.82 Å². The van der Waals surface area contributed by atoms with Crippen LogP contribution in [-0.2, 0) is 0 Å². The topological polar surface area (TPSA) is 102 Å². The summed E-state index contributed by atoms with van der Waals surface area (Å²) in [7, 11) is 0. The van der Waals surface area contributed by atoms with Gasteiger partial charge in [-0.2, -0.15) is 0 Å². The average molecular weight is 285 g/mol. The minimum atomic E-state index is -0.667. The lowest BCUT2D eigenvalue weighted by atomic mass is 10.1. The molecule has 1 aromatic heterocycles. The van der Waals surface area contributed by atoms with Gasteiger partial charge in [-0.05, 0) is 35.0 Å². The molecule has 0 fully saturated rings. The van der Waals surface area contributed by atoms with Crippen LogP contribution in [0, 0.1) is 17.0 Å². The van der Waals surface area contributed by atoms with Crippen LogP contribution >= 0.6 is 0 Å². The van der Waals surface area contributed by atoms with Gasteiger partial charge in [0.2, 0.25) is 0 Å². The lowest BCUT2D eigenvalue weighted by Crippen LogP contribution is -2.30. The Bertz CT molecular complexity index is 710. The quantitative estimate of drug-likeness (QED) is 0.527. The molecule has 7 heteroatoms. The molecular formula is C14H11N3O4. The van der Waals surface area contributed by atoms with Gasteiger partial charge < -0.3 is 10.1 Å². The molecule has 1 N–H and O–H groups in total. The van der Waals surface area contributed by atoms with Crippen LogP contribution in [0.1, 0.15) is 26.3 Å². The number of aryl methyl sites for hydroxylation is 1. The Morgan fingerprint density at radius 3 is 2.43 bits per heavy atom. The first kappa shape index (κ1) is 14.3. The highest BCUT2D eigenvalue weighted by Gasteiger charge is 2.15. The molecular weight excluding hydrogens is 274 g/mol. The Hall–Kier alpha value is -3.09. The standard InChI is InChI=1S/C14H11N3O4/c1-9-3-2-4-10(7-9)13(18)16-14(19)11-5-6-12(15-8-11)17(20)21/h2-8H,1H3,(H,16,18,19). The summed E-state index contributed by atoms with van der Waals surface area (Å²) in [5.41, 5.74) is 1.33. The van der Waals surface area contributed by atoms with Crippen molar-refractivity contribution in [3.05, 3.63) is 69.4 Å². The molecule has 2 rings (SSSR count). The molecule has 0 aliphatic heterocycles. The number of carbonyl (C=O) groups excluding carboxylic acids is 2. The Morgan fingerprint density at radius 2 is 1.86 bits per heavy atom. The fraction of sp³-hybridized carbons (Fsp3) is 0.0714. The van der Waals surface area contributed by atoms with Gasteiger partial charge in [-0.1, -0.05) is 17.7 Å². The van der Waals surface area contributed by atoms with Crippen molar-refractivity contribution in [1.82, 2.24) is 10.3 Å². The highest BCUT2D eigenvalue weighted by atomic mass is 16.6. The summed E-state index contributed by atoms with van der Waals surface area (Å²) >= 11 is 0. The molecule has 1 aromatic carbocycles. The zero-order valence-corrected chi connectivity index (χ0v) is 11.1. The summed E-state index contributed by atoms with van der Waals surface area (Å²) in [6.45, 7) is 1.83. The largest absolute Gasteiger partial charge is 0.363 e. The van der Waals surface area contributed by atoms with E-state index in [-0.39, 0.29) is 11.4 Å². The number of nitrogens with one attached hydrogen (secondary N) is 1. The maximum absolute atomic E-state index is 11.9. The number of hydrogen-bond donors (Lipinski definition) is 1. The van der Waals surface area contributed by atoms with E-state index in [2.05, 4.69) is 10.3 Å². The van der Waals surface area contributed by atoms with E-state index in [1.165, 1.54) is 6.07 Å². The molecule has 0 atom stereocenters. The summed E-state index contributed by atoms with van der Waals surface area (Å²) in [4.78, 5) is 37.1. The van der Waals surface area contributed by atoms with Gasteiger partial charge in [0, 0.05) is 11.6 Å². The maximum Gasteiger partial charge on any atom is 0.363 e. The molecule has 0 aliphatic rings. The Morgan fingerprint density at radius 1 is 1.14 bits per heavy atom. The Labute approximate surface area is 119 Å². The summed E-state index contributed by atoms with van der Waals surface area (Å²) in [5, 5.41) is 12.7. The van der Waals surface area contributed by atoms with Crippen LogP contribution in [0.15, 0.2) is 42.6 Å². The van der Waals surface area contributed by atoms with Crippen LogP contribution in [0.3, 0.4) is 0 Å². The van der Waals surface area contributed by atoms with E-state index in [9.17, 15) is 19.7 Å². The molecule has 7 nitrogen and oxygen atoms in total. The van der Waals surface area contributed by atoms with Crippen LogP contribution in [-0.4, -0.2) is 21.7 Å². The van der Waals surface area contributed by atoms with E-state index in [0.717, 1.165) is 17.8 Å². The number of carbonyl (C=O) groups is 2. The minimum absolute atomic E-state index is 0.0709. The van der Waals surface area contributed by atoms with E-state index in [1.54, 1.807) is 18.2 Å². The summed E-state index contributed by atoms with van der Waals surface area (Å²) in [6.07, 6.45) is 1.05. The van der Waals surface area contributed by atoms with Crippen molar-refractivity contribution >= 4 is 17.6 Å². The van der Waals surface area contributed by atoms with E-state index in [0.29, 0.717) is 5.56 Å². The number of rotatable bonds is 3. The van der Waals surface area contributed by atoms with Crippen molar-refractivity contribution in [1.29, 1.82) is 0 Å². The van der Waals surface area contributed by atoms with Gasteiger partial charge in [-0.15, -0.1) is 0 Å². The number of amides is 2. The number of benzene rings is 1. The molecule has 0 saturated carbocycles. The molecule has 0 radical (unpaired) electrons. The lowest BCUT2D eigenvalue weighted by Gasteiger charge is -2.04. The van der Waals surface area contributed by atoms with Crippen LogP contribution in [0.25, 0.3) is 0 Å². The number of nitrogens with zero attached hydrogens (tertiary/aromatic N) is 2. The molecule has 2 amide bonds. The van der Waals surface area contributed by atoms with Gasteiger partial charge in [-0.3, -0.25) is 14.9 Å². The van der Waals surface area contributed by atoms with Crippen LogP contribution in [0.2, 0.25) is 0 Å². The first-order chi connectivity index (χ1) is 9.97. The van der Waals surface area contributed by atoms with Crippen molar-refractivity contribution in [2.75, 3.05) is 0 Å².